The summed E-state index contributed by atoms with van der Waals surface area (Å²) < 4.78 is 23.0. The quantitative estimate of drug-likeness (QED) is 0.211. The van der Waals surface area contributed by atoms with Crippen LogP contribution in [0.5, 0.6) is 11.5 Å². The lowest BCUT2D eigenvalue weighted by atomic mass is 9.77. The van der Waals surface area contributed by atoms with Gasteiger partial charge in [-0.15, -0.1) is 6.58 Å². The lowest BCUT2D eigenvalue weighted by Gasteiger charge is -2.40. The SMILES string of the molecule is C=CCCCOC(=O)CC(O)(CCCC(C)(C)O)C(=O)OC1C(C)=C[C@]23CCCN2CCc2cc4c(cc2[C@H]13)OCO4. The molecule has 0 saturated carbocycles. The van der Waals surface area contributed by atoms with Crippen LogP contribution in [0.3, 0.4) is 0 Å². The number of hydrogen-bond acceptors (Lipinski definition) is 9. The van der Waals surface area contributed by atoms with E-state index in [4.69, 9.17) is 18.9 Å². The fraction of sp³-hybridized carbons (Fsp3) is 0.636. The number of allylic oxidation sites excluding steroid dienone is 1. The van der Waals surface area contributed by atoms with Crippen LogP contribution in [0.1, 0.15) is 89.2 Å². The monoisotopic (exact) mass is 583 g/mol. The van der Waals surface area contributed by atoms with Crippen LogP contribution >= 0.6 is 0 Å². The summed E-state index contributed by atoms with van der Waals surface area (Å²) in [6.07, 6.45) is 7.62. The van der Waals surface area contributed by atoms with Gasteiger partial charge in [0.05, 0.1) is 24.2 Å². The van der Waals surface area contributed by atoms with Crippen molar-refractivity contribution in [3.05, 3.63) is 47.6 Å². The van der Waals surface area contributed by atoms with Gasteiger partial charge in [0.25, 0.3) is 0 Å². The van der Waals surface area contributed by atoms with Gasteiger partial charge in [-0.25, -0.2) is 4.79 Å². The van der Waals surface area contributed by atoms with Crippen molar-refractivity contribution in [3.8, 4) is 11.5 Å². The molecule has 9 heteroatoms. The number of unbranched alkanes of at least 4 members (excludes halogenated alkanes) is 1. The molecule has 1 saturated heterocycles. The minimum absolute atomic E-state index is 0.0374. The van der Waals surface area contributed by atoms with Crippen molar-refractivity contribution in [3.63, 3.8) is 0 Å². The topological polar surface area (TPSA) is 115 Å². The van der Waals surface area contributed by atoms with E-state index >= 15 is 0 Å². The first kappa shape index (κ1) is 30.6. The maximum Gasteiger partial charge on any atom is 0.339 e. The summed E-state index contributed by atoms with van der Waals surface area (Å²) in [6.45, 7) is 11.2. The highest BCUT2D eigenvalue weighted by Gasteiger charge is 2.57. The summed E-state index contributed by atoms with van der Waals surface area (Å²) in [5.41, 5.74) is -0.231. The van der Waals surface area contributed by atoms with E-state index in [9.17, 15) is 19.8 Å². The van der Waals surface area contributed by atoms with Crippen molar-refractivity contribution >= 4 is 11.9 Å². The van der Waals surface area contributed by atoms with Crippen molar-refractivity contribution in [2.24, 2.45) is 0 Å². The van der Waals surface area contributed by atoms with Gasteiger partial charge in [-0.2, -0.15) is 0 Å². The molecule has 0 amide bonds. The number of hydrogen-bond donors (Lipinski definition) is 2. The normalized spacial score (nSPS) is 25.9. The minimum atomic E-state index is -2.09. The number of fused-ring (bicyclic) bond motifs is 3. The number of benzene rings is 1. The van der Waals surface area contributed by atoms with Gasteiger partial charge in [-0.3, -0.25) is 9.69 Å². The molecule has 3 aliphatic heterocycles. The molecule has 4 atom stereocenters. The smallest absolute Gasteiger partial charge is 0.339 e. The molecule has 1 aromatic rings. The molecule has 1 aromatic carbocycles. The van der Waals surface area contributed by atoms with Crippen LogP contribution in [0.25, 0.3) is 0 Å². The molecule has 0 aromatic heterocycles. The predicted octanol–water partition coefficient (Wildman–Crippen LogP) is 4.33. The van der Waals surface area contributed by atoms with Gasteiger partial charge in [0.15, 0.2) is 17.1 Å². The number of aliphatic hydroxyl groups is 2. The van der Waals surface area contributed by atoms with Gasteiger partial charge < -0.3 is 29.2 Å². The first-order valence-electron chi connectivity index (χ1n) is 15.2. The Hall–Kier alpha value is -2.88. The molecule has 2 unspecified atom stereocenters. The zero-order valence-corrected chi connectivity index (χ0v) is 25.2. The van der Waals surface area contributed by atoms with E-state index in [1.807, 2.05) is 13.0 Å². The van der Waals surface area contributed by atoms with Gasteiger partial charge in [-0.1, -0.05) is 12.2 Å². The van der Waals surface area contributed by atoms with Crippen molar-refractivity contribution in [2.75, 3.05) is 26.5 Å². The second kappa shape index (κ2) is 12.0. The maximum atomic E-state index is 13.9. The number of esters is 2. The average Bonchev–Trinajstić information content (AvgIpc) is 3.59. The highest BCUT2D eigenvalue weighted by atomic mass is 16.7. The maximum absolute atomic E-state index is 13.9. The highest BCUT2D eigenvalue weighted by molar-refractivity contribution is 5.86. The summed E-state index contributed by atoms with van der Waals surface area (Å²) in [7, 11) is 0. The highest BCUT2D eigenvalue weighted by Crippen LogP contribution is 2.55. The van der Waals surface area contributed by atoms with E-state index in [2.05, 4.69) is 23.6 Å². The molecule has 1 aliphatic carbocycles. The summed E-state index contributed by atoms with van der Waals surface area (Å²) in [5, 5.41) is 22.0. The molecule has 0 radical (unpaired) electrons. The van der Waals surface area contributed by atoms with E-state index in [-0.39, 0.29) is 31.3 Å². The second-order valence-electron chi connectivity index (χ2n) is 13.0. The molecule has 3 heterocycles. The van der Waals surface area contributed by atoms with Crippen LogP contribution < -0.4 is 9.47 Å². The third-order valence-corrected chi connectivity index (χ3v) is 9.23. The molecule has 1 fully saturated rings. The van der Waals surface area contributed by atoms with Gasteiger partial charge >= 0.3 is 11.9 Å². The zero-order valence-electron chi connectivity index (χ0n) is 25.2. The number of ether oxygens (including phenoxy) is 4. The summed E-state index contributed by atoms with van der Waals surface area (Å²) >= 11 is 0. The van der Waals surface area contributed by atoms with Gasteiger partial charge in [-0.05, 0) is 108 Å². The molecule has 1 spiro atoms. The Morgan fingerprint density at radius 1 is 1.17 bits per heavy atom. The Balaban J connectivity index is 1.42. The standard InChI is InChI=1S/C33H45NO8/c1-5-6-7-16-39-27(35)20-33(38,13-8-11-31(3,4)37)30(36)42-29-22(2)19-32-12-9-14-34(32)15-10-23-17-25-26(41-21-40-25)18-24(23)28(29)32/h5,17-19,28-29,37-38H,1,6-16,20-21H2,2-4H3/t28-,29?,32+,33?/m1/s1. The molecule has 2 N–H and O–H groups in total. The Kier molecular flexibility index (Phi) is 8.75. The molecule has 9 nitrogen and oxygen atoms in total. The Labute approximate surface area is 248 Å². The summed E-state index contributed by atoms with van der Waals surface area (Å²) in [4.78, 5) is 29.2. The van der Waals surface area contributed by atoms with Gasteiger partial charge in [0.1, 0.15) is 6.10 Å². The first-order valence-corrected chi connectivity index (χ1v) is 15.2. The molecule has 42 heavy (non-hydrogen) atoms. The van der Waals surface area contributed by atoms with E-state index in [1.54, 1.807) is 19.9 Å². The van der Waals surface area contributed by atoms with E-state index < -0.39 is 35.7 Å². The van der Waals surface area contributed by atoms with Crippen LogP contribution in [0.4, 0.5) is 0 Å². The van der Waals surface area contributed by atoms with E-state index in [0.717, 1.165) is 54.8 Å². The molecular weight excluding hydrogens is 538 g/mol. The molecule has 5 rings (SSSR count). The van der Waals surface area contributed by atoms with Crippen LogP contribution in [-0.4, -0.2) is 76.4 Å². The zero-order chi connectivity index (χ0) is 30.1. The van der Waals surface area contributed by atoms with Crippen molar-refractivity contribution in [1.82, 2.24) is 4.90 Å². The van der Waals surface area contributed by atoms with Gasteiger partial charge in [0.2, 0.25) is 6.79 Å². The molecule has 4 aliphatic rings. The molecule has 0 bridgehead atoms. The Morgan fingerprint density at radius 3 is 2.67 bits per heavy atom. The third-order valence-electron chi connectivity index (χ3n) is 9.23. The van der Waals surface area contributed by atoms with Crippen molar-refractivity contribution in [2.45, 2.75) is 107 Å². The summed E-state index contributed by atoms with van der Waals surface area (Å²) in [6, 6.07) is 4.09. The summed E-state index contributed by atoms with van der Waals surface area (Å²) in [5.74, 6) is -0.276. The Bertz CT molecular complexity index is 1240. The number of nitrogens with zero attached hydrogens (tertiary/aromatic N) is 1. The fourth-order valence-corrected chi connectivity index (χ4v) is 7.21. The Morgan fingerprint density at radius 2 is 1.93 bits per heavy atom. The second-order valence-corrected chi connectivity index (χ2v) is 13.0. The number of rotatable bonds is 12. The van der Waals surface area contributed by atoms with Crippen LogP contribution in [0.2, 0.25) is 0 Å². The average molecular weight is 584 g/mol. The predicted molar refractivity (Wildman–Crippen MR) is 156 cm³/mol. The van der Waals surface area contributed by atoms with Crippen molar-refractivity contribution < 1.29 is 38.7 Å². The molecular formula is C33H45NO8. The minimum Gasteiger partial charge on any atom is -0.466 e. The number of carbonyl (C=O) groups is 2. The lowest BCUT2D eigenvalue weighted by molar-refractivity contribution is -0.178. The number of carbonyl (C=O) groups excluding carboxylic acids is 2. The van der Waals surface area contributed by atoms with Gasteiger partial charge in [0, 0.05) is 12.5 Å². The third kappa shape index (κ3) is 6.10. The van der Waals surface area contributed by atoms with Crippen LogP contribution in [-0.2, 0) is 25.5 Å². The lowest BCUT2D eigenvalue weighted by Crippen LogP contribution is -2.49. The van der Waals surface area contributed by atoms with Crippen LogP contribution in [0.15, 0.2) is 36.4 Å². The first-order chi connectivity index (χ1) is 20.0. The van der Waals surface area contributed by atoms with Crippen molar-refractivity contribution in [1.29, 1.82) is 0 Å². The molecule has 230 valence electrons. The van der Waals surface area contributed by atoms with E-state index in [1.165, 1.54) is 0 Å². The van der Waals surface area contributed by atoms with Crippen LogP contribution in [0, 0.1) is 0 Å². The fourth-order valence-electron chi connectivity index (χ4n) is 7.21. The van der Waals surface area contributed by atoms with E-state index in [0.29, 0.717) is 31.4 Å². The largest absolute Gasteiger partial charge is 0.466 e.